The molecule has 0 fully saturated rings. The molecule has 0 aliphatic carbocycles. The quantitative estimate of drug-likeness (QED) is 0.634. The van der Waals surface area contributed by atoms with Crippen LogP contribution >= 0.6 is 0 Å². The highest BCUT2D eigenvalue weighted by atomic mass is 16.5. The third-order valence-corrected chi connectivity index (χ3v) is 4.15. The molecule has 0 spiro atoms. The number of nitrogens with zero attached hydrogens (tertiary/aromatic N) is 1. The van der Waals surface area contributed by atoms with E-state index in [9.17, 15) is 9.59 Å². The lowest BCUT2D eigenvalue weighted by atomic mass is 10.1. The molecule has 7 nitrogen and oxygen atoms in total. The van der Waals surface area contributed by atoms with Crippen LogP contribution in [-0.2, 0) is 14.3 Å². The molecule has 0 aliphatic rings. The molecule has 142 valence electrons. The number of hydrogen-bond donors (Lipinski definition) is 0. The molecule has 1 amide bonds. The average Bonchev–Trinajstić information content (AvgIpc) is 2.61. The van der Waals surface area contributed by atoms with Crippen molar-refractivity contribution in [1.82, 2.24) is 4.90 Å². The normalized spacial score (nSPS) is 10.9. The van der Waals surface area contributed by atoms with Crippen LogP contribution in [0.2, 0.25) is 0 Å². The number of methoxy groups -OCH3 is 2. The summed E-state index contributed by atoms with van der Waals surface area (Å²) in [4.78, 5) is 25.7. The number of rotatable bonds is 9. The van der Waals surface area contributed by atoms with Gasteiger partial charge in [0.05, 0.1) is 13.2 Å². The average molecular weight is 363 g/mol. The number of benzene rings is 1. The molecule has 1 aromatic heterocycles. The lowest BCUT2D eigenvalue weighted by Gasteiger charge is -2.22. The highest BCUT2D eigenvalue weighted by Gasteiger charge is 2.16. The molecule has 1 aromatic carbocycles. The molecule has 0 bridgehead atoms. The zero-order valence-corrected chi connectivity index (χ0v) is 15.7. The summed E-state index contributed by atoms with van der Waals surface area (Å²) in [6.07, 6.45) is 0. The van der Waals surface area contributed by atoms with E-state index in [-0.39, 0.29) is 12.5 Å². The zero-order chi connectivity index (χ0) is 19.1. The first-order valence-corrected chi connectivity index (χ1v) is 8.40. The van der Waals surface area contributed by atoms with Crippen molar-refractivity contribution in [3.63, 3.8) is 0 Å². The van der Waals surface area contributed by atoms with Gasteiger partial charge in [-0.3, -0.25) is 4.79 Å². The maximum atomic E-state index is 12.4. The molecule has 0 N–H and O–H groups in total. The monoisotopic (exact) mass is 363 g/mol. The first-order chi connectivity index (χ1) is 12.5. The summed E-state index contributed by atoms with van der Waals surface area (Å²) in [6.45, 7) is 5.35. The number of carbonyl (C=O) groups excluding carboxylic acids is 1. The topological polar surface area (TPSA) is 78.2 Å². The summed E-state index contributed by atoms with van der Waals surface area (Å²) in [6, 6.07) is 5.07. The Balaban J connectivity index is 2.13. The summed E-state index contributed by atoms with van der Waals surface area (Å²) in [5, 5.41) is 0.850. The Kier molecular flexibility index (Phi) is 7.17. The fourth-order valence-electron chi connectivity index (χ4n) is 2.65. The maximum Gasteiger partial charge on any atom is 0.336 e. The molecule has 2 rings (SSSR count). The summed E-state index contributed by atoms with van der Waals surface area (Å²) < 4.78 is 21.1. The van der Waals surface area contributed by atoms with Crippen molar-refractivity contribution >= 4 is 16.9 Å². The van der Waals surface area contributed by atoms with E-state index < -0.39 is 5.63 Å². The van der Waals surface area contributed by atoms with Gasteiger partial charge in [0.2, 0.25) is 0 Å². The standard InChI is InChI=1S/C19H25NO6/c1-13-11-18(22)26-19-14(2)16(6-5-15(13)19)25-12-17(21)20(7-9-23-3)8-10-24-4/h5-6,11H,7-10,12H2,1-4H3. The van der Waals surface area contributed by atoms with Crippen molar-refractivity contribution in [3.05, 3.63) is 39.7 Å². The van der Waals surface area contributed by atoms with Crippen molar-refractivity contribution < 1.29 is 23.4 Å². The molecule has 0 aliphatic heterocycles. The molecule has 0 saturated heterocycles. The van der Waals surface area contributed by atoms with Crippen LogP contribution in [0.5, 0.6) is 5.75 Å². The third kappa shape index (κ3) is 4.83. The van der Waals surface area contributed by atoms with E-state index >= 15 is 0 Å². The molecule has 26 heavy (non-hydrogen) atoms. The van der Waals surface area contributed by atoms with E-state index in [1.807, 2.05) is 13.0 Å². The van der Waals surface area contributed by atoms with Gasteiger partial charge in [-0.05, 0) is 31.5 Å². The Morgan fingerprint density at radius 1 is 1.12 bits per heavy atom. The van der Waals surface area contributed by atoms with Gasteiger partial charge in [0.1, 0.15) is 11.3 Å². The highest BCUT2D eigenvalue weighted by Crippen LogP contribution is 2.28. The van der Waals surface area contributed by atoms with Crippen LogP contribution < -0.4 is 10.4 Å². The number of carbonyl (C=O) groups is 1. The zero-order valence-electron chi connectivity index (χ0n) is 15.7. The summed E-state index contributed by atoms with van der Waals surface area (Å²) in [5.74, 6) is 0.349. The van der Waals surface area contributed by atoms with Gasteiger partial charge in [-0.2, -0.15) is 0 Å². The second-order valence-corrected chi connectivity index (χ2v) is 5.97. The van der Waals surface area contributed by atoms with Gasteiger partial charge < -0.3 is 23.5 Å². The Morgan fingerprint density at radius 3 is 2.38 bits per heavy atom. The number of amides is 1. The van der Waals surface area contributed by atoms with E-state index in [0.29, 0.717) is 43.2 Å². The smallest absolute Gasteiger partial charge is 0.336 e. The van der Waals surface area contributed by atoms with Crippen molar-refractivity contribution in [1.29, 1.82) is 0 Å². The molecule has 1 heterocycles. The van der Waals surface area contributed by atoms with Gasteiger partial charge in [0, 0.05) is 44.3 Å². The van der Waals surface area contributed by atoms with Crippen LogP contribution in [0.4, 0.5) is 0 Å². The van der Waals surface area contributed by atoms with Gasteiger partial charge in [-0.15, -0.1) is 0 Å². The fourth-order valence-corrected chi connectivity index (χ4v) is 2.65. The van der Waals surface area contributed by atoms with Crippen LogP contribution in [0, 0.1) is 13.8 Å². The van der Waals surface area contributed by atoms with Crippen LogP contribution in [-0.4, -0.2) is 57.9 Å². The Bertz CT molecular complexity index is 806. The summed E-state index contributed by atoms with van der Waals surface area (Å²) in [7, 11) is 3.17. The summed E-state index contributed by atoms with van der Waals surface area (Å²) >= 11 is 0. The molecule has 0 saturated carbocycles. The Hall–Kier alpha value is -2.38. The van der Waals surface area contributed by atoms with Crippen molar-refractivity contribution in [3.8, 4) is 5.75 Å². The van der Waals surface area contributed by atoms with E-state index in [1.165, 1.54) is 6.07 Å². The number of ether oxygens (including phenoxy) is 3. The number of aryl methyl sites for hydroxylation is 2. The Morgan fingerprint density at radius 2 is 1.77 bits per heavy atom. The van der Waals surface area contributed by atoms with Crippen LogP contribution in [0.1, 0.15) is 11.1 Å². The first-order valence-electron chi connectivity index (χ1n) is 8.40. The van der Waals surface area contributed by atoms with Crippen LogP contribution in [0.15, 0.2) is 27.4 Å². The van der Waals surface area contributed by atoms with Crippen molar-refractivity contribution in [2.24, 2.45) is 0 Å². The lowest BCUT2D eigenvalue weighted by Crippen LogP contribution is -2.39. The van der Waals surface area contributed by atoms with E-state index in [1.54, 1.807) is 32.1 Å². The predicted octanol–water partition coefficient (Wildman–Crippen LogP) is 1.91. The van der Waals surface area contributed by atoms with E-state index in [0.717, 1.165) is 10.9 Å². The molecule has 2 aromatic rings. The predicted molar refractivity (Wildman–Crippen MR) is 97.8 cm³/mol. The van der Waals surface area contributed by atoms with Crippen LogP contribution in [0.25, 0.3) is 11.0 Å². The molecular formula is C19H25NO6. The number of fused-ring (bicyclic) bond motifs is 1. The Labute approximate surface area is 152 Å². The molecule has 0 radical (unpaired) electrons. The van der Waals surface area contributed by atoms with Gasteiger partial charge in [0.15, 0.2) is 6.61 Å². The second-order valence-electron chi connectivity index (χ2n) is 5.97. The largest absolute Gasteiger partial charge is 0.483 e. The highest BCUT2D eigenvalue weighted by molar-refractivity contribution is 5.85. The fraction of sp³-hybridized carbons (Fsp3) is 0.474. The van der Waals surface area contributed by atoms with Gasteiger partial charge in [-0.25, -0.2) is 4.79 Å². The lowest BCUT2D eigenvalue weighted by molar-refractivity contribution is -0.134. The minimum Gasteiger partial charge on any atom is -0.483 e. The van der Waals surface area contributed by atoms with Crippen molar-refractivity contribution in [2.45, 2.75) is 13.8 Å². The molecule has 0 unspecified atom stereocenters. The first kappa shape index (κ1) is 19.9. The van der Waals surface area contributed by atoms with Gasteiger partial charge in [-0.1, -0.05) is 0 Å². The SMILES string of the molecule is COCCN(CCOC)C(=O)COc1ccc2c(C)cc(=O)oc2c1C. The number of hydrogen-bond acceptors (Lipinski definition) is 6. The third-order valence-electron chi connectivity index (χ3n) is 4.15. The van der Waals surface area contributed by atoms with Crippen LogP contribution in [0.3, 0.4) is 0 Å². The van der Waals surface area contributed by atoms with Gasteiger partial charge >= 0.3 is 5.63 Å². The second kappa shape index (κ2) is 9.35. The molecule has 7 heteroatoms. The van der Waals surface area contributed by atoms with Gasteiger partial charge in [0.25, 0.3) is 5.91 Å². The molecule has 0 atom stereocenters. The minimum atomic E-state index is -0.406. The summed E-state index contributed by atoms with van der Waals surface area (Å²) in [5.41, 5.74) is 1.61. The maximum absolute atomic E-state index is 12.4. The minimum absolute atomic E-state index is 0.115. The van der Waals surface area contributed by atoms with E-state index in [2.05, 4.69) is 0 Å². The van der Waals surface area contributed by atoms with E-state index in [4.69, 9.17) is 18.6 Å². The molecular weight excluding hydrogens is 338 g/mol. The van der Waals surface area contributed by atoms with Crippen molar-refractivity contribution in [2.75, 3.05) is 47.1 Å².